The fourth-order valence-corrected chi connectivity index (χ4v) is 5.16. The van der Waals surface area contributed by atoms with Gasteiger partial charge in [-0.25, -0.2) is 23.9 Å². The van der Waals surface area contributed by atoms with Crippen molar-refractivity contribution in [2.24, 2.45) is 0 Å². The Hall–Kier alpha value is -3.91. The molecule has 0 fully saturated rings. The number of hydrogen-bond donors (Lipinski definition) is 0. The van der Waals surface area contributed by atoms with Crippen LogP contribution in [0.15, 0.2) is 60.9 Å². The van der Waals surface area contributed by atoms with E-state index in [2.05, 4.69) is 28.1 Å². The van der Waals surface area contributed by atoms with Gasteiger partial charge in [0.2, 0.25) is 0 Å². The number of rotatable bonds is 4. The number of aryl methyl sites for hydroxylation is 2. The van der Waals surface area contributed by atoms with Crippen LogP contribution >= 0.6 is 11.3 Å². The van der Waals surface area contributed by atoms with Crippen molar-refractivity contribution in [3.63, 3.8) is 0 Å². The quantitative estimate of drug-likeness (QED) is 0.332. The van der Waals surface area contributed by atoms with Crippen molar-refractivity contribution in [3.8, 4) is 17.1 Å². The highest BCUT2D eigenvalue weighted by Crippen LogP contribution is 2.36. The third-order valence-corrected chi connectivity index (χ3v) is 6.59. The van der Waals surface area contributed by atoms with Gasteiger partial charge in [-0.05, 0) is 55.3 Å². The lowest BCUT2D eigenvalue weighted by molar-refractivity contribution is 0.306. The summed E-state index contributed by atoms with van der Waals surface area (Å²) >= 11 is 1.60. The number of hydrogen-bond acceptors (Lipinski definition) is 6. The summed E-state index contributed by atoms with van der Waals surface area (Å²) in [5.74, 6) is 0.979. The van der Waals surface area contributed by atoms with Crippen LogP contribution < -0.4 is 4.74 Å². The van der Waals surface area contributed by atoms with E-state index in [1.54, 1.807) is 34.3 Å². The van der Waals surface area contributed by atoms with Crippen LogP contribution in [0.2, 0.25) is 0 Å². The number of nitrogens with zero attached hydrogens (tertiary/aromatic N) is 5. The summed E-state index contributed by atoms with van der Waals surface area (Å²) < 4.78 is 21.5. The number of ether oxygens (including phenoxy) is 1. The second kappa shape index (κ2) is 7.60. The van der Waals surface area contributed by atoms with Crippen LogP contribution in [0, 0.1) is 19.7 Å². The van der Waals surface area contributed by atoms with Gasteiger partial charge in [0.25, 0.3) is 0 Å². The van der Waals surface area contributed by atoms with Crippen LogP contribution in [0.1, 0.15) is 16.8 Å². The molecule has 4 heterocycles. The van der Waals surface area contributed by atoms with Crippen LogP contribution in [0.4, 0.5) is 4.39 Å². The van der Waals surface area contributed by atoms with Crippen molar-refractivity contribution in [2.45, 2.75) is 20.5 Å². The molecule has 0 amide bonds. The fourth-order valence-electron chi connectivity index (χ4n) is 3.94. The van der Waals surface area contributed by atoms with E-state index in [1.807, 2.05) is 31.2 Å². The molecule has 0 spiro atoms. The molecule has 6 aromatic rings. The van der Waals surface area contributed by atoms with Crippen molar-refractivity contribution in [1.82, 2.24) is 24.6 Å². The summed E-state index contributed by atoms with van der Waals surface area (Å²) in [5, 5.41) is 5.72. The molecule has 6 rings (SSSR count). The third kappa shape index (κ3) is 3.48. The number of benzene rings is 2. The molecule has 0 saturated carbocycles. The second-order valence-electron chi connectivity index (χ2n) is 7.93. The molecule has 0 radical (unpaired) electrons. The molecule has 0 unspecified atom stereocenters. The van der Waals surface area contributed by atoms with Crippen LogP contribution in [0.3, 0.4) is 0 Å². The first-order valence-electron chi connectivity index (χ1n) is 10.4. The molecular weight excluding hydrogens is 437 g/mol. The van der Waals surface area contributed by atoms with E-state index in [4.69, 9.17) is 9.72 Å². The average Bonchev–Trinajstić information content (AvgIpc) is 3.40. The highest BCUT2D eigenvalue weighted by atomic mass is 32.1. The smallest absolute Gasteiger partial charge is 0.182 e. The van der Waals surface area contributed by atoms with Gasteiger partial charge in [-0.2, -0.15) is 0 Å². The summed E-state index contributed by atoms with van der Waals surface area (Å²) in [4.78, 5) is 15.1. The Balaban J connectivity index is 1.32. The Morgan fingerprint density at radius 3 is 2.58 bits per heavy atom. The minimum absolute atomic E-state index is 0.281. The van der Waals surface area contributed by atoms with Crippen LogP contribution in [-0.2, 0) is 6.61 Å². The van der Waals surface area contributed by atoms with Crippen molar-refractivity contribution in [3.05, 3.63) is 83.6 Å². The van der Waals surface area contributed by atoms with E-state index in [9.17, 15) is 4.39 Å². The molecule has 4 aromatic heterocycles. The predicted octanol–water partition coefficient (Wildman–Crippen LogP) is 5.89. The summed E-state index contributed by atoms with van der Waals surface area (Å²) in [7, 11) is 0. The van der Waals surface area contributed by atoms with Crippen LogP contribution in [-0.4, -0.2) is 24.6 Å². The largest absolute Gasteiger partial charge is 0.489 e. The SMILES string of the molecule is Cc1cc(C)c2c(n1)sc1c2ncn2nc(-c3ccc(COc4ccc(F)cc4)cc3)nc12. The highest BCUT2D eigenvalue weighted by molar-refractivity contribution is 7.26. The number of thiophene rings is 1. The van der Waals surface area contributed by atoms with Gasteiger partial charge in [-0.3, -0.25) is 0 Å². The Bertz CT molecular complexity index is 1640. The number of fused-ring (bicyclic) bond motifs is 5. The number of aromatic nitrogens is 5. The Kier molecular flexibility index (Phi) is 4.55. The maximum Gasteiger partial charge on any atom is 0.182 e. The normalized spacial score (nSPS) is 11.6. The van der Waals surface area contributed by atoms with Gasteiger partial charge in [-0.1, -0.05) is 24.3 Å². The summed E-state index contributed by atoms with van der Waals surface area (Å²) in [6.07, 6.45) is 1.71. The molecule has 0 saturated heterocycles. The van der Waals surface area contributed by atoms with E-state index in [0.717, 1.165) is 42.9 Å². The first-order chi connectivity index (χ1) is 16.0. The molecule has 33 heavy (non-hydrogen) atoms. The van der Waals surface area contributed by atoms with Gasteiger partial charge in [0, 0.05) is 16.6 Å². The molecule has 0 aliphatic heterocycles. The molecule has 2 aromatic carbocycles. The lowest BCUT2D eigenvalue weighted by Gasteiger charge is -2.06. The first kappa shape index (κ1) is 19.8. The molecule has 0 bridgehead atoms. The standard InChI is InChI=1S/C25H18FN5OS/c1-14-11-15(2)28-25-20(14)21-22(33-25)24-29-23(30-31(24)13-27-21)17-5-3-16(4-6-17)12-32-19-9-7-18(26)8-10-19/h3-11,13H,12H2,1-2H3. The summed E-state index contributed by atoms with van der Waals surface area (Å²) in [5.41, 5.74) is 5.76. The first-order valence-corrected chi connectivity index (χ1v) is 11.3. The molecule has 0 aliphatic rings. The Morgan fingerprint density at radius 2 is 1.79 bits per heavy atom. The van der Waals surface area contributed by atoms with E-state index in [0.29, 0.717) is 18.2 Å². The highest BCUT2D eigenvalue weighted by Gasteiger charge is 2.16. The Morgan fingerprint density at radius 1 is 1.00 bits per heavy atom. The van der Waals surface area contributed by atoms with Gasteiger partial charge < -0.3 is 4.74 Å². The number of halogens is 1. The molecule has 8 heteroatoms. The molecule has 0 N–H and O–H groups in total. The van der Waals surface area contributed by atoms with Gasteiger partial charge >= 0.3 is 0 Å². The predicted molar refractivity (Wildman–Crippen MR) is 127 cm³/mol. The lowest BCUT2D eigenvalue weighted by Crippen LogP contribution is -1.95. The fraction of sp³-hybridized carbons (Fsp3) is 0.120. The maximum absolute atomic E-state index is 13.0. The van der Waals surface area contributed by atoms with E-state index in [1.165, 1.54) is 17.7 Å². The zero-order valence-corrected chi connectivity index (χ0v) is 18.7. The monoisotopic (exact) mass is 455 g/mol. The van der Waals surface area contributed by atoms with Crippen molar-refractivity contribution >= 4 is 37.4 Å². The van der Waals surface area contributed by atoms with E-state index < -0.39 is 0 Å². The molecule has 0 aliphatic carbocycles. The minimum Gasteiger partial charge on any atom is -0.489 e. The molecular formula is C25H18FN5OS. The topological polar surface area (TPSA) is 65.2 Å². The van der Waals surface area contributed by atoms with Gasteiger partial charge in [0.15, 0.2) is 11.5 Å². The Labute approximate surface area is 192 Å². The van der Waals surface area contributed by atoms with Crippen molar-refractivity contribution in [1.29, 1.82) is 0 Å². The van der Waals surface area contributed by atoms with Gasteiger partial charge in [-0.15, -0.1) is 16.4 Å². The molecule has 0 atom stereocenters. The number of pyridine rings is 1. The van der Waals surface area contributed by atoms with Gasteiger partial charge in [0.1, 0.15) is 34.0 Å². The van der Waals surface area contributed by atoms with E-state index in [-0.39, 0.29) is 5.82 Å². The second-order valence-corrected chi connectivity index (χ2v) is 8.93. The summed E-state index contributed by atoms with van der Waals surface area (Å²) in [6, 6.07) is 16.0. The minimum atomic E-state index is -0.281. The lowest BCUT2D eigenvalue weighted by atomic mass is 10.1. The third-order valence-electron chi connectivity index (χ3n) is 5.52. The molecule has 162 valence electrons. The zero-order chi connectivity index (χ0) is 22.5. The summed E-state index contributed by atoms with van der Waals surface area (Å²) in [6.45, 7) is 4.48. The van der Waals surface area contributed by atoms with Crippen LogP contribution in [0.5, 0.6) is 5.75 Å². The average molecular weight is 456 g/mol. The van der Waals surface area contributed by atoms with Crippen molar-refractivity contribution in [2.75, 3.05) is 0 Å². The van der Waals surface area contributed by atoms with Gasteiger partial charge in [0.05, 0.1) is 5.52 Å². The van der Waals surface area contributed by atoms with E-state index >= 15 is 0 Å². The zero-order valence-electron chi connectivity index (χ0n) is 17.9. The van der Waals surface area contributed by atoms with Crippen LogP contribution in [0.25, 0.3) is 37.5 Å². The molecule has 6 nitrogen and oxygen atoms in total. The van der Waals surface area contributed by atoms with Crippen molar-refractivity contribution < 1.29 is 9.13 Å². The maximum atomic E-state index is 13.0.